The third kappa shape index (κ3) is 2.37. The Morgan fingerprint density at radius 1 is 1.13 bits per heavy atom. The van der Waals surface area contributed by atoms with E-state index in [1.54, 1.807) is 11.8 Å². The standard InChI is InChI=1S/C17H18N4OS/c1-23-17-18-15-14(13-10-6-3-7-11-20(13)17)16(22)21(19-15)12-8-4-2-5-9-12/h2,4-5,8-9H,3,6-7,10-11H2,1H3. The molecule has 0 atom stereocenters. The summed E-state index contributed by atoms with van der Waals surface area (Å²) < 4.78 is 3.70. The lowest BCUT2D eigenvalue weighted by atomic mass is 10.1. The molecule has 4 rings (SSSR count). The average Bonchev–Trinajstić information content (AvgIpc) is 2.76. The van der Waals surface area contributed by atoms with Crippen LogP contribution >= 0.6 is 11.8 Å². The Balaban J connectivity index is 2.01. The van der Waals surface area contributed by atoms with Crippen LogP contribution in [0.15, 0.2) is 40.3 Å². The number of nitrogens with zero attached hydrogens (tertiary/aromatic N) is 4. The van der Waals surface area contributed by atoms with E-state index in [9.17, 15) is 4.79 Å². The van der Waals surface area contributed by atoms with E-state index in [0.29, 0.717) is 11.4 Å². The monoisotopic (exact) mass is 326 g/mol. The van der Waals surface area contributed by atoms with Gasteiger partial charge in [-0.2, -0.15) is 4.68 Å². The molecule has 0 radical (unpaired) electrons. The van der Waals surface area contributed by atoms with Gasteiger partial charge in [-0.1, -0.05) is 36.4 Å². The van der Waals surface area contributed by atoms with E-state index < -0.39 is 0 Å². The maximum Gasteiger partial charge on any atom is 0.284 e. The minimum absolute atomic E-state index is 0.0583. The molecule has 6 heteroatoms. The first-order valence-electron chi connectivity index (χ1n) is 7.91. The molecule has 3 heterocycles. The smallest absolute Gasteiger partial charge is 0.284 e. The molecule has 118 valence electrons. The number of hydrogen-bond acceptors (Lipinski definition) is 4. The Kier molecular flexibility index (Phi) is 3.69. The average molecular weight is 326 g/mol. The van der Waals surface area contributed by atoms with Crippen molar-refractivity contribution in [3.05, 3.63) is 46.4 Å². The van der Waals surface area contributed by atoms with Crippen LogP contribution in [0.3, 0.4) is 0 Å². The zero-order valence-corrected chi connectivity index (χ0v) is 13.8. The summed E-state index contributed by atoms with van der Waals surface area (Å²) in [5, 5.41) is 5.45. The molecule has 0 saturated carbocycles. The van der Waals surface area contributed by atoms with Crippen LogP contribution in [-0.2, 0) is 13.0 Å². The van der Waals surface area contributed by atoms with Crippen LogP contribution in [-0.4, -0.2) is 25.6 Å². The third-order valence-corrected chi connectivity index (χ3v) is 5.03. The zero-order chi connectivity index (χ0) is 15.8. The van der Waals surface area contributed by atoms with E-state index >= 15 is 0 Å². The quantitative estimate of drug-likeness (QED) is 0.537. The Hall–Kier alpha value is -2.08. The summed E-state index contributed by atoms with van der Waals surface area (Å²) >= 11 is 1.62. The second kappa shape index (κ2) is 5.85. The Morgan fingerprint density at radius 2 is 1.96 bits per heavy atom. The molecule has 1 aromatic carbocycles. The molecule has 3 aliphatic rings. The predicted molar refractivity (Wildman–Crippen MR) is 91.6 cm³/mol. The summed E-state index contributed by atoms with van der Waals surface area (Å²) in [5.74, 6) is 0.566. The van der Waals surface area contributed by atoms with E-state index in [4.69, 9.17) is 0 Å². The molecule has 0 fully saturated rings. The molecular weight excluding hydrogens is 308 g/mol. The SMILES string of the molecule is CSc1nc2nn(-c3ccccc3)c(=O)c-2c2n1CCCCC2. The first-order chi connectivity index (χ1) is 11.3. The second-order valence-electron chi connectivity index (χ2n) is 5.76. The fraction of sp³-hybridized carbons (Fsp3) is 0.353. The molecule has 0 saturated heterocycles. The highest BCUT2D eigenvalue weighted by Gasteiger charge is 2.26. The number of para-hydroxylation sites is 1. The number of benzene rings is 1. The van der Waals surface area contributed by atoms with Crippen LogP contribution < -0.4 is 5.56 Å². The minimum atomic E-state index is -0.0583. The first-order valence-corrected chi connectivity index (χ1v) is 9.14. The van der Waals surface area contributed by atoms with Crippen molar-refractivity contribution in [3.63, 3.8) is 0 Å². The van der Waals surface area contributed by atoms with Gasteiger partial charge in [0, 0.05) is 12.2 Å². The minimum Gasteiger partial charge on any atom is -0.324 e. The van der Waals surface area contributed by atoms with Crippen molar-refractivity contribution in [2.24, 2.45) is 0 Å². The summed E-state index contributed by atoms with van der Waals surface area (Å²) in [6.45, 7) is 0.935. The molecule has 0 aliphatic carbocycles. The zero-order valence-electron chi connectivity index (χ0n) is 13.0. The molecule has 0 unspecified atom stereocenters. The van der Waals surface area contributed by atoms with Crippen LogP contribution in [0.1, 0.15) is 25.0 Å². The predicted octanol–water partition coefficient (Wildman–Crippen LogP) is 2.98. The number of aromatic nitrogens is 4. The Labute approximate surface area is 138 Å². The van der Waals surface area contributed by atoms with E-state index in [1.165, 1.54) is 11.1 Å². The Morgan fingerprint density at radius 3 is 2.74 bits per heavy atom. The summed E-state index contributed by atoms with van der Waals surface area (Å²) in [4.78, 5) is 17.6. The fourth-order valence-corrected chi connectivity index (χ4v) is 3.85. The lowest BCUT2D eigenvalue weighted by molar-refractivity contribution is 0.571. The van der Waals surface area contributed by atoms with E-state index in [0.717, 1.165) is 42.3 Å². The van der Waals surface area contributed by atoms with Gasteiger partial charge in [-0.3, -0.25) is 4.79 Å². The van der Waals surface area contributed by atoms with Crippen molar-refractivity contribution < 1.29 is 0 Å². The van der Waals surface area contributed by atoms with Crippen LogP contribution in [0.25, 0.3) is 17.1 Å². The van der Waals surface area contributed by atoms with Crippen molar-refractivity contribution in [1.29, 1.82) is 0 Å². The lowest BCUT2D eigenvalue weighted by Crippen LogP contribution is -2.19. The van der Waals surface area contributed by atoms with Crippen molar-refractivity contribution >= 4 is 11.8 Å². The highest BCUT2D eigenvalue weighted by atomic mass is 32.2. The normalized spacial score (nSPS) is 14.7. The fourth-order valence-electron chi connectivity index (χ4n) is 3.25. The van der Waals surface area contributed by atoms with Crippen molar-refractivity contribution in [3.8, 4) is 17.1 Å². The Bertz CT molecular complexity index is 868. The van der Waals surface area contributed by atoms with Gasteiger partial charge in [0.1, 0.15) is 5.56 Å². The van der Waals surface area contributed by atoms with E-state index in [-0.39, 0.29) is 5.56 Å². The number of thioether (sulfide) groups is 1. The van der Waals surface area contributed by atoms with Crippen LogP contribution in [0.2, 0.25) is 0 Å². The molecule has 0 bridgehead atoms. The van der Waals surface area contributed by atoms with Gasteiger partial charge in [0.25, 0.3) is 5.56 Å². The first kappa shape index (κ1) is 14.5. The molecule has 0 spiro atoms. The molecule has 0 amide bonds. The molecule has 0 N–H and O–H groups in total. The largest absolute Gasteiger partial charge is 0.324 e. The van der Waals surface area contributed by atoms with Crippen molar-refractivity contribution in [2.75, 3.05) is 6.26 Å². The van der Waals surface area contributed by atoms with Crippen LogP contribution in [0.5, 0.6) is 0 Å². The van der Waals surface area contributed by atoms with Gasteiger partial charge in [-0.15, -0.1) is 5.10 Å². The van der Waals surface area contributed by atoms with Gasteiger partial charge in [0.2, 0.25) is 0 Å². The van der Waals surface area contributed by atoms with Crippen LogP contribution in [0.4, 0.5) is 0 Å². The molecule has 3 aliphatic heterocycles. The summed E-state index contributed by atoms with van der Waals surface area (Å²) in [5.41, 5.74) is 2.52. The maximum absolute atomic E-state index is 13.0. The molecule has 0 aromatic heterocycles. The summed E-state index contributed by atoms with van der Waals surface area (Å²) in [6, 6.07) is 9.56. The number of rotatable bonds is 2. The van der Waals surface area contributed by atoms with Gasteiger partial charge in [-0.05, 0) is 37.7 Å². The highest BCUT2D eigenvalue weighted by molar-refractivity contribution is 7.98. The van der Waals surface area contributed by atoms with E-state index in [2.05, 4.69) is 14.6 Å². The van der Waals surface area contributed by atoms with Crippen molar-refractivity contribution in [2.45, 2.75) is 37.4 Å². The third-order valence-electron chi connectivity index (χ3n) is 4.35. The van der Waals surface area contributed by atoms with Gasteiger partial charge >= 0.3 is 0 Å². The van der Waals surface area contributed by atoms with Crippen molar-refractivity contribution in [1.82, 2.24) is 19.3 Å². The topological polar surface area (TPSA) is 52.7 Å². The van der Waals surface area contributed by atoms with Crippen LogP contribution in [0, 0.1) is 0 Å². The molecular formula is C17H18N4OS. The van der Waals surface area contributed by atoms with E-state index in [1.807, 2.05) is 36.6 Å². The second-order valence-corrected chi connectivity index (χ2v) is 6.53. The summed E-state index contributed by atoms with van der Waals surface area (Å²) in [6.07, 6.45) is 6.39. The van der Waals surface area contributed by atoms with Gasteiger partial charge in [-0.25, -0.2) is 4.98 Å². The molecule has 23 heavy (non-hydrogen) atoms. The van der Waals surface area contributed by atoms with Gasteiger partial charge in [0.15, 0.2) is 11.0 Å². The molecule has 1 aromatic rings. The highest BCUT2D eigenvalue weighted by Crippen LogP contribution is 2.29. The summed E-state index contributed by atoms with van der Waals surface area (Å²) in [7, 11) is 0. The van der Waals surface area contributed by atoms with Gasteiger partial charge in [0.05, 0.1) is 5.69 Å². The lowest BCUT2D eigenvalue weighted by Gasteiger charge is -2.16. The number of fused-ring (bicyclic) bond motifs is 3. The molecule has 5 nitrogen and oxygen atoms in total. The maximum atomic E-state index is 13.0. The number of hydrogen-bond donors (Lipinski definition) is 0. The van der Waals surface area contributed by atoms with Gasteiger partial charge < -0.3 is 4.57 Å².